The first-order valence-electron chi connectivity index (χ1n) is 5.71. The van der Waals surface area contributed by atoms with Gasteiger partial charge in [0.25, 0.3) is 0 Å². The van der Waals surface area contributed by atoms with Gasteiger partial charge in [-0.25, -0.2) is 0 Å². The van der Waals surface area contributed by atoms with Gasteiger partial charge in [-0.05, 0) is 12.5 Å². The van der Waals surface area contributed by atoms with E-state index in [1.165, 1.54) is 0 Å². The van der Waals surface area contributed by atoms with Gasteiger partial charge < -0.3 is 10.1 Å². The smallest absolute Gasteiger partial charge is 0.0624 e. The molecule has 0 saturated carbocycles. The molecule has 1 N–H and O–H groups in total. The van der Waals surface area contributed by atoms with E-state index in [1.54, 1.807) is 7.11 Å². The average Bonchev–Trinajstić information content (AvgIpc) is 2.18. The van der Waals surface area contributed by atoms with E-state index in [0.717, 1.165) is 18.7 Å². The number of nitrogens with one attached hydrogen (secondary N) is 1. The van der Waals surface area contributed by atoms with E-state index in [4.69, 9.17) is 4.74 Å². The van der Waals surface area contributed by atoms with Crippen molar-refractivity contribution in [1.29, 1.82) is 0 Å². The maximum Gasteiger partial charge on any atom is 0.0624 e. The Labute approximate surface area is 96.4 Å². The summed E-state index contributed by atoms with van der Waals surface area (Å²) in [5.74, 6) is 2.06. The van der Waals surface area contributed by atoms with Crippen LogP contribution in [0.25, 0.3) is 0 Å². The maximum atomic E-state index is 11.8. The number of hydrogen-bond acceptors (Lipinski definition) is 3. The van der Waals surface area contributed by atoms with Gasteiger partial charge >= 0.3 is 0 Å². The van der Waals surface area contributed by atoms with Crippen LogP contribution in [0.2, 0.25) is 0 Å². The minimum Gasteiger partial charge on any atom is -0.383 e. The van der Waals surface area contributed by atoms with E-state index in [1.807, 2.05) is 0 Å². The van der Waals surface area contributed by atoms with Crippen LogP contribution in [0.1, 0.15) is 27.2 Å². The molecule has 3 unspecified atom stereocenters. The first-order valence-corrected chi connectivity index (χ1v) is 7.20. The predicted molar refractivity (Wildman–Crippen MR) is 66.7 cm³/mol. The van der Waals surface area contributed by atoms with Crippen LogP contribution in [-0.2, 0) is 15.5 Å². The minimum atomic E-state index is -0.726. The summed E-state index contributed by atoms with van der Waals surface area (Å²) in [5.41, 5.74) is 0. The van der Waals surface area contributed by atoms with Crippen LogP contribution < -0.4 is 5.32 Å². The highest BCUT2D eigenvalue weighted by Crippen LogP contribution is 2.04. The number of likely N-dealkylation sites (N-methyl/N-ethyl adjacent to an activating group) is 1. The number of hydrogen-bond donors (Lipinski definition) is 1. The summed E-state index contributed by atoms with van der Waals surface area (Å²) >= 11 is 0. The zero-order chi connectivity index (χ0) is 11.7. The van der Waals surface area contributed by atoms with Crippen LogP contribution >= 0.6 is 0 Å². The van der Waals surface area contributed by atoms with E-state index in [2.05, 4.69) is 26.1 Å². The molecular formula is C11H25NO2S. The van der Waals surface area contributed by atoms with Crippen LogP contribution in [0.3, 0.4) is 0 Å². The third-order valence-electron chi connectivity index (χ3n) is 2.42. The van der Waals surface area contributed by atoms with Gasteiger partial charge in [0.05, 0.1) is 6.61 Å². The molecule has 0 aromatic heterocycles. The summed E-state index contributed by atoms with van der Waals surface area (Å²) in [5, 5.41) is 3.29. The number of ether oxygens (including phenoxy) is 1. The van der Waals surface area contributed by atoms with E-state index < -0.39 is 10.8 Å². The second-order valence-electron chi connectivity index (χ2n) is 4.00. The SMILES string of the molecule is CCNC(COC)CS(=O)CC(C)CC. The molecule has 0 bridgehead atoms. The second kappa shape index (κ2) is 9.31. The molecule has 4 heteroatoms. The molecule has 0 aliphatic carbocycles. The summed E-state index contributed by atoms with van der Waals surface area (Å²) in [6.45, 7) is 7.88. The standard InChI is InChI=1S/C11H25NO2S/c1-5-10(3)8-15(13)9-11(7-14-4)12-6-2/h10-12H,5-9H2,1-4H3. The zero-order valence-corrected chi connectivity index (χ0v) is 11.2. The highest BCUT2D eigenvalue weighted by Gasteiger charge is 2.13. The fourth-order valence-electron chi connectivity index (χ4n) is 1.38. The third kappa shape index (κ3) is 7.94. The Kier molecular flexibility index (Phi) is 9.35. The van der Waals surface area contributed by atoms with Crippen LogP contribution in [0, 0.1) is 5.92 Å². The van der Waals surface area contributed by atoms with Crippen LogP contribution in [0.5, 0.6) is 0 Å². The molecule has 3 atom stereocenters. The number of methoxy groups -OCH3 is 1. The summed E-state index contributed by atoms with van der Waals surface area (Å²) in [4.78, 5) is 0. The van der Waals surface area contributed by atoms with Crippen molar-refractivity contribution >= 4 is 10.8 Å². The molecule has 0 rings (SSSR count). The first kappa shape index (κ1) is 15.1. The summed E-state index contributed by atoms with van der Waals surface area (Å²) in [7, 11) is 0.957. The summed E-state index contributed by atoms with van der Waals surface area (Å²) < 4.78 is 16.9. The van der Waals surface area contributed by atoms with E-state index >= 15 is 0 Å². The molecule has 0 aromatic carbocycles. The van der Waals surface area contributed by atoms with E-state index in [-0.39, 0.29) is 6.04 Å². The molecule has 3 nitrogen and oxygen atoms in total. The normalized spacial score (nSPS) is 17.3. The van der Waals surface area contributed by atoms with Crippen molar-refractivity contribution < 1.29 is 8.95 Å². The first-order chi connectivity index (χ1) is 7.13. The molecule has 0 heterocycles. The molecule has 0 amide bonds. The molecule has 0 spiro atoms. The van der Waals surface area contributed by atoms with Gasteiger partial charge in [-0.15, -0.1) is 0 Å². The lowest BCUT2D eigenvalue weighted by atomic mass is 10.2. The molecule has 0 fully saturated rings. The lowest BCUT2D eigenvalue weighted by Crippen LogP contribution is -2.38. The van der Waals surface area contributed by atoms with Gasteiger partial charge in [0, 0.05) is 35.5 Å². The van der Waals surface area contributed by atoms with Crippen molar-refractivity contribution in [2.45, 2.75) is 33.2 Å². The van der Waals surface area contributed by atoms with Crippen molar-refractivity contribution in [1.82, 2.24) is 5.32 Å². The fraction of sp³-hybridized carbons (Fsp3) is 1.00. The maximum absolute atomic E-state index is 11.8. The van der Waals surface area contributed by atoms with Gasteiger partial charge in [0.2, 0.25) is 0 Å². The Morgan fingerprint density at radius 3 is 2.47 bits per heavy atom. The van der Waals surface area contributed by atoms with Crippen LogP contribution in [0.4, 0.5) is 0 Å². The van der Waals surface area contributed by atoms with Crippen molar-refractivity contribution in [2.24, 2.45) is 5.92 Å². The Morgan fingerprint density at radius 2 is 2.00 bits per heavy atom. The molecule has 0 aromatic rings. The second-order valence-corrected chi connectivity index (χ2v) is 5.54. The molecule has 0 aliphatic rings. The highest BCUT2D eigenvalue weighted by atomic mass is 32.2. The quantitative estimate of drug-likeness (QED) is 0.656. The molecular weight excluding hydrogens is 210 g/mol. The highest BCUT2D eigenvalue weighted by molar-refractivity contribution is 7.85. The third-order valence-corrected chi connectivity index (χ3v) is 4.13. The molecule has 92 valence electrons. The topological polar surface area (TPSA) is 38.3 Å². The lowest BCUT2D eigenvalue weighted by Gasteiger charge is -2.17. The molecule has 0 aliphatic heterocycles. The summed E-state index contributed by atoms with van der Waals surface area (Å²) in [6.07, 6.45) is 1.10. The molecule has 0 saturated heterocycles. The Hall–Kier alpha value is 0.0700. The molecule has 15 heavy (non-hydrogen) atoms. The van der Waals surface area contributed by atoms with Crippen molar-refractivity contribution in [3.05, 3.63) is 0 Å². The van der Waals surface area contributed by atoms with Crippen LogP contribution in [0.15, 0.2) is 0 Å². The van der Waals surface area contributed by atoms with Gasteiger partial charge in [0.15, 0.2) is 0 Å². The van der Waals surface area contributed by atoms with Crippen LogP contribution in [-0.4, -0.2) is 42.0 Å². The Balaban J connectivity index is 3.87. The van der Waals surface area contributed by atoms with Gasteiger partial charge in [0.1, 0.15) is 0 Å². The van der Waals surface area contributed by atoms with Crippen molar-refractivity contribution in [3.8, 4) is 0 Å². The lowest BCUT2D eigenvalue weighted by molar-refractivity contribution is 0.174. The van der Waals surface area contributed by atoms with Gasteiger partial charge in [-0.3, -0.25) is 4.21 Å². The average molecular weight is 235 g/mol. The predicted octanol–water partition coefficient (Wildman–Crippen LogP) is 1.41. The fourth-order valence-corrected chi connectivity index (χ4v) is 3.05. The Morgan fingerprint density at radius 1 is 1.33 bits per heavy atom. The largest absolute Gasteiger partial charge is 0.383 e. The van der Waals surface area contributed by atoms with Crippen molar-refractivity contribution in [2.75, 3.05) is 31.8 Å². The van der Waals surface area contributed by atoms with Crippen molar-refractivity contribution in [3.63, 3.8) is 0 Å². The zero-order valence-electron chi connectivity index (χ0n) is 10.4. The molecule has 0 radical (unpaired) electrons. The summed E-state index contributed by atoms with van der Waals surface area (Å²) in [6, 6.07) is 0.227. The Bertz CT molecular complexity index is 170. The minimum absolute atomic E-state index is 0.227. The van der Waals surface area contributed by atoms with E-state index in [0.29, 0.717) is 18.3 Å². The van der Waals surface area contributed by atoms with Gasteiger partial charge in [-0.1, -0.05) is 27.2 Å². The van der Waals surface area contributed by atoms with Gasteiger partial charge in [-0.2, -0.15) is 0 Å². The number of rotatable bonds is 9. The monoisotopic (exact) mass is 235 g/mol. The van der Waals surface area contributed by atoms with E-state index in [9.17, 15) is 4.21 Å².